The molecule has 0 spiro atoms. The number of aliphatic hydroxyl groups excluding tert-OH is 13. The maximum atomic E-state index is 13.0. The first-order valence-corrected chi connectivity index (χ1v) is 31.9. The number of allylic oxidation sites excluding steroid dienone is 4. The highest BCUT2D eigenvalue weighted by molar-refractivity contribution is 5.90. The van der Waals surface area contributed by atoms with Crippen molar-refractivity contribution in [3.63, 3.8) is 0 Å². The van der Waals surface area contributed by atoms with Gasteiger partial charge in [-0.05, 0) is 111 Å². The molecule has 28 nitrogen and oxygen atoms in total. The Morgan fingerprint density at radius 2 is 1.11 bits per heavy atom. The fourth-order valence-corrected chi connectivity index (χ4v) is 17.0. The van der Waals surface area contributed by atoms with Crippen LogP contribution >= 0.6 is 0 Å². The first-order valence-electron chi connectivity index (χ1n) is 31.9. The molecule has 5 heterocycles. The van der Waals surface area contributed by atoms with E-state index in [4.69, 9.17) is 47.4 Å². The Labute approximate surface area is 524 Å². The number of rotatable bonds is 20. The average molecular weight is 1290 g/mol. The van der Waals surface area contributed by atoms with Crippen LogP contribution in [0.25, 0.3) is 0 Å². The van der Waals surface area contributed by atoms with Gasteiger partial charge < -0.3 is 124 Å². The summed E-state index contributed by atoms with van der Waals surface area (Å²) in [5.74, 6) is -0.109. The quantitative estimate of drug-likeness (QED) is 0.0335. The van der Waals surface area contributed by atoms with Gasteiger partial charge in [0.1, 0.15) is 116 Å². The monoisotopic (exact) mass is 1290 g/mol. The summed E-state index contributed by atoms with van der Waals surface area (Å²) in [5.41, 5.74) is 3.45. The highest BCUT2D eigenvalue weighted by atomic mass is 16.8. The van der Waals surface area contributed by atoms with Gasteiger partial charge in [0.05, 0.1) is 39.1 Å². The van der Waals surface area contributed by atoms with Crippen LogP contribution in [0.3, 0.4) is 0 Å². The fraction of sp³-hybridized carbons (Fsp3) is 0.887. The van der Waals surface area contributed by atoms with E-state index < -0.39 is 204 Å². The molecule has 4 aliphatic carbocycles. The topological polar surface area (TPSA) is 431 Å². The lowest BCUT2D eigenvalue weighted by Gasteiger charge is -2.62. The van der Waals surface area contributed by atoms with Gasteiger partial charge in [0, 0.05) is 20.3 Å². The minimum atomic E-state index is -1.99. The molecular weight excluding hydrogens is 1190 g/mol. The summed E-state index contributed by atoms with van der Waals surface area (Å²) in [5, 5.41) is 147. The number of hydrogen-bond donors (Lipinski definition) is 15. The van der Waals surface area contributed by atoms with Crippen molar-refractivity contribution in [1.82, 2.24) is 10.6 Å². The molecular formula is C62H100N2O26. The normalized spacial score (nSPS) is 47.3. The molecule has 9 aliphatic rings. The van der Waals surface area contributed by atoms with Gasteiger partial charge in [-0.2, -0.15) is 0 Å². The number of carbonyl (C=O) groups is 3. The zero-order chi connectivity index (χ0) is 65.8. The predicted molar refractivity (Wildman–Crippen MR) is 309 cm³/mol. The Morgan fingerprint density at radius 1 is 0.578 bits per heavy atom. The molecule has 8 fully saturated rings. The Kier molecular flexibility index (Phi) is 22.9. The smallest absolute Gasteiger partial charge is 0.217 e. The number of amides is 2. The third kappa shape index (κ3) is 14.1. The molecule has 5 saturated heterocycles. The van der Waals surface area contributed by atoms with Crippen molar-refractivity contribution >= 4 is 17.6 Å². The van der Waals surface area contributed by atoms with Crippen LogP contribution in [0.1, 0.15) is 120 Å². The third-order valence-corrected chi connectivity index (χ3v) is 21.6. The second kappa shape index (κ2) is 28.9. The largest absolute Gasteiger partial charge is 0.394 e. The van der Waals surface area contributed by atoms with Gasteiger partial charge >= 0.3 is 0 Å². The van der Waals surface area contributed by atoms with Crippen LogP contribution in [0, 0.1) is 39.9 Å². The first-order chi connectivity index (χ1) is 42.4. The molecule has 0 aromatic carbocycles. The van der Waals surface area contributed by atoms with E-state index in [-0.39, 0.29) is 28.4 Å². The maximum absolute atomic E-state index is 13.0. The maximum Gasteiger partial charge on any atom is 0.217 e. The summed E-state index contributed by atoms with van der Waals surface area (Å²) in [6.07, 6.45) is -29.4. The molecule has 31 atom stereocenters. The second-order valence-corrected chi connectivity index (χ2v) is 28.1. The van der Waals surface area contributed by atoms with Gasteiger partial charge in [-0.25, -0.2) is 0 Å². The predicted octanol–water partition coefficient (Wildman–Crippen LogP) is -2.68. The van der Waals surface area contributed by atoms with Crippen molar-refractivity contribution in [2.75, 3.05) is 33.0 Å². The van der Waals surface area contributed by atoms with Gasteiger partial charge in [-0.15, -0.1) is 0 Å². The second-order valence-electron chi connectivity index (χ2n) is 28.1. The molecule has 28 heteroatoms. The van der Waals surface area contributed by atoms with Crippen LogP contribution in [-0.2, 0) is 61.8 Å². The molecule has 9 rings (SSSR count). The summed E-state index contributed by atoms with van der Waals surface area (Å²) >= 11 is 0. The van der Waals surface area contributed by atoms with E-state index in [1.165, 1.54) is 0 Å². The van der Waals surface area contributed by atoms with E-state index in [1.54, 1.807) is 17.2 Å². The van der Waals surface area contributed by atoms with Crippen molar-refractivity contribution in [1.29, 1.82) is 0 Å². The molecule has 0 unspecified atom stereocenters. The Hall–Kier alpha value is -2.83. The Balaban J connectivity index is 0.984. The third-order valence-electron chi connectivity index (χ3n) is 21.6. The number of hydrogen-bond acceptors (Lipinski definition) is 26. The lowest BCUT2D eigenvalue weighted by molar-refractivity contribution is -0.379. The molecule has 0 radical (unpaired) electrons. The van der Waals surface area contributed by atoms with Crippen LogP contribution in [0.15, 0.2) is 22.8 Å². The van der Waals surface area contributed by atoms with E-state index >= 15 is 0 Å². The number of carbonyl (C=O) groups excluding carboxylic acids is 3. The van der Waals surface area contributed by atoms with Crippen LogP contribution < -0.4 is 10.6 Å². The fourth-order valence-electron chi connectivity index (χ4n) is 17.0. The molecule has 90 heavy (non-hydrogen) atoms. The van der Waals surface area contributed by atoms with Crippen LogP contribution in [-0.4, -0.2) is 270 Å². The van der Waals surface area contributed by atoms with Gasteiger partial charge in [0.2, 0.25) is 11.8 Å². The van der Waals surface area contributed by atoms with E-state index in [1.807, 2.05) is 13.8 Å². The zero-order valence-electron chi connectivity index (χ0n) is 52.8. The van der Waals surface area contributed by atoms with E-state index in [0.717, 1.165) is 64.4 Å². The lowest BCUT2D eigenvalue weighted by atomic mass is 9.44. The minimum absolute atomic E-state index is 0.00294. The Bertz CT molecular complexity index is 2540. The summed E-state index contributed by atoms with van der Waals surface area (Å²) in [7, 11) is 0. The van der Waals surface area contributed by atoms with Gasteiger partial charge in [-0.1, -0.05) is 51.3 Å². The van der Waals surface area contributed by atoms with E-state index in [2.05, 4.69) is 45.3 Å². The highest BCUT2D eigenvalue weighted by Crippen LogP contribution is 2.68. The molecule has 0 aromatic rings. The van der Waals surface area contributed by atoms with E-state index in [0.29, 0.717) is 24.7 Å². The highest BCUT2D eigenvalue weighted by Gasteiger charge is 2.62. The van der Waals surface area contributed by atoms with Crippen LogP contribution in [0.5, 0.6) is 0 Å². The summed E-state index contributed by atoms with van der Waals surface area (Å²) < 4.78 is 61.9. The summed E-state index contributed by atoms with van der Waals surface area (Å²) in [4.78, 5) is 38.4. The number of ketones is 1. The number of fused-ring (bicyclic) bond motifs is 4. The molecule has 0 aromatic heterocycles. The van der Waals surface area contributed by atoms with Crippen LogP contribution in [0.2, 0.25) is 0 Å². The molecule has 514 valence electrons. The van der Waals surface area contributed by atoms with Crippen molar-refractivity contribution in [3.8, 4) is 0 Å². The zero-order valence-corrected chi connectivity index (χ0v) is 52.8. The van der Waals surface area contributed by atoms with Crippen molar-refractivity contribution in [2.24, 2.45) is 39.9 Å². The summed E-state index contributed by atoms with van der Waals surface area (Å²) in [6.45, 7) is 13.8. The van der Waals surface area contributed by atoms with Gasteiger partial charge in [0.25, 0.3) is 0 Å². The SMILES string of the molecule is CC(=O)N[C@H]1[C@H](O[C@@H]2CO[C@@H](O[C@H]3CC[C@]4(C)[C@H]5CC[C@@]6(C)C(=C5CC[C@H]4C3(C)C)CC[C@@H]6[C@H](C)CC(=O)C=C(C)C)[C@H](O[C@@H]3O[C@H](CO[C@@H]4O[C@H](CO)[C@@H](O)[C@H](O)[C@H]4O[C@@H]4O[C@H](CO)[C@@H](O)[C@H](O)[C@H]4O)[C@@H](O)[C@H](O)[C@H]3NC(C)=O)[C@H]2O)O[C@H](CO)[C@H](O)[C@@H]1O. The number of ether oxygens (including phenoxy) is 10. The number of nitrogens with one attached hydrogen (secondary N) is 2. The van der Waals surface area contributed by atoms with E-state index in [9.17, 15) is 80.8 Å². The van der Waals surface area contributed by atoms with Crippen molar-refractivity contribution in [2.45, 2.75) is 274 Å². The summed E-state index contributed by atoms with van der Waals surface area (Å²) in [6, 6.07) is -3.06. The van der Waals surface area contributed by atoms with Crippen molar-refractivity contribution in [3.05, 3.63) is 22.8 Å². The minimum Gasteiger partial charge on any atom is -0.394 e. The van der Waals surface area contributed by atoms with Crippen LogP contribution in [0.4, 0.5) is 0 Å². The van der Waals surface area contributed by atoms with Gasteiger partial charge in [0.15, 0.2) is 37.2 Å². The standard InChI is InChI=1S/C62H100N2O26/c1-25(2)18-29(70)19-26(3)31-11-12-32-30-10-13-39-60(6,7)40(15-17-62(39,9)33(30)14-16-61(31,32)8)88-59-53(47(75)38(24-82-59)87-55-41(63-27(4)68)48(76)43(71)34(20-65)83-55)89-56-42(64-28(5)69)49(77)46(74)37(86-56)23-81-58-54(51(79)45(73)36(22-67)85-58)90-57-52(80)50(78)44(72)35(21-66)84-57/h18,26,31,33-59,65-67,71-80H,10-17,19-24H2,1-9H3,(H,63,68)(H,64,69)/t26-,31-,33+,34-,35-,36-,37-,38-,39+,40+,41-,42-,43+,44-,45-,46-,47+,48-,49-,50+,51+,52-,53-,54-,55+,56+,57+,58-,59+,61-,62-/m1/s1. The number of aliphatic hydroxyl groups is 13. The molecule has 3 saturated carbocycles. The van der Waals surface area contributed by atoms with Crippen molar-refractivity contribution < 1.29 is 128 Å². The Morgan fingerprint density at radius 3 is 1.71 bits per heavy atom. The molecule has 0 bridgehead atoms. The average Bonchev–Trinajstić information content (AvgIpc) is 1.18. The molecule has 5 aliphatic heterocycles. The molecule has 15 N–H and O–H groups in total. The van der Waals surface area contributed by atoms with Gasteiger partial charge in [-0.3, -0.25) is 14.4 Å². The first kappa shape index (κ1) is 71.5. The lowest BCUT2D eigenvalue weighted by Crippen LogP contribution is -2.68. The molecule has 2 amide bonds.